The molecule has 2 N–H and O–H groups in total. The highest BCUT2D eigenvalue weighted by Gasteiger charge is 2.30. The van der Waals surface area contributed by atoms with E-state index in [1.807, 2.05) is 37.3 Å². The zero-order valence-electron chi connectivity index (χ0n) is 11.4. The Kier molecular flexibility index (Phi) is 5.38. The standard InChI is InChI=1S/C14H21F3N2/c1-13(10-18,12-6-4-3-5-7-12)11-19(2)9-8-14(15,16)17/h3-7H,8-11,18H2,1-2H3. The number of alkyl halides is 3. The molecule has 0 bridgehead atoms. The highest BCUT2D eigenvalue weighted by atomic mass is 19.4. The van der Waals surface area contributed by atoms with Crippen LogP contribution in [0.3, 0.4) is 0 Å². The lowest BCUT2D eigenvalue weighted by Crippen LogP contribution is -2.43. The van der Waals surface area contributed by atoms with Crippen LogP contribution in [0.2, 0.25) is 0 Å². The smallest absolute Gasteiger partial charge is 0.330 e. The van der Waals surface area contributed by atoms with Crippen molar-refractivity contribution in [3.8, 4) is 0 Å². The predicted octanol–water partition coefficient (Wildman–Crippen LogP) is 2.79. The van der Waals surface area contributed by atoms with Gasteiger partial charge in [-0.15, -0.1) is 0 Å². The first-order valence-corrected chi connectivity index (χ1v) is 6.28. The van der Waals surface area contributed by atoms with Gasteiger partial charge in [0.05, 0.1) is 6.42 Å². The Morgan fingerprint density at radius 3 is 2.21 bits per heavy atom. The third kappa shape index (κ3) is 5.20. The molecule has 2 nitrogen and oxygen atoms in total. The summed E-state index contributed by atoms with van der Waals surface area (Å²) in [6.45, 7) is 2.87. The minimum Gasteiger partial charge on any atom is -0.330 e. The second-order valence-corrected chi connectivity index (χ2v) is 5.23. The number of hydrogen-bond acceptors (Lipinski definition) is 2. The lowest BCUT2D eigenvalue weighted by molar-refractivity contribution is -0.137. The first-order valence-electron chi connectivity index (χ1n) is 6.28. The Morgan fingerprint density at radius 2 is 1.74 bits per heavy atom. The number of hydrogen-bond donors (Lipinski definition) is 1. The summed E-state index contributed by atoms with van der Waals surface area (Å²) in [4.78, 5) is 1.69. The highest BCUT2D eigenvalue weighted by molar-refractivity contribution is 5.25. The first kappa shape index (κ1) is 16.0. The molecule has 0 spiro atoms. The van der Waals surface area contributed by atoms with Crippen molar-refractivity contribution in [1.82, 2.24) is 4.90 Å². The van der Waals surface area contributed by atoms with E-state index in [4.69, 9.17) is 5.73 Å². The molecular formula is C14H21F3N2. The van der Waals surface area contributed by atoms with E-state index in [1.54, 1.807) is 11.9 Å². The predicted molar refractivity (Wildman–Crippen MR) is 71.0 cm³/mol. The van der Waals surface area contributed by atoms with E-state index in [2.05, 4.69) is 0 Å². The van der Waals surface area contributed by atoms with Gasteiger partial charge in [0, 0.05) is 25.0 Å². The number of likely N-dealkylation sites (N-methyl/N-ethyl adjacent to an activating group) is 1. The average molecular weight is 274 g/mol. The van der Waals surface area contributed by atoms with Gasteiger partial charge in [-0.05, 0) is 12.6 Å². The van der Waals surface area contributed by atoms with Gasteiger partial charge in [-0.2, -0.15) is 13.2 Å². The van der Waals surface area contributed by atoms with Gasteiger partial charge in [-0.25, -0.2) is 0 Å². The molecule has 1 atom stereocenters. The summed E-state index contributed by atoms with van der Waals surface area (Å²) in [5.74, 6) is 0. The van der Waals surface area contributed by atoms with Crippen LogP contribution in [0.5, 0.6) is 0 Å². The van der Waals surface area contributed by atoms with Crippen LogP contribution in [0.15, 0.2) is 30.3 Å². The van der Waals surface area contributed by atoms with Gasteiger partial charge in [-0.1, -0.05) is 37.3 Å². The SMILES string of the molecule is CN(CCC(F)(F)F)CC(C)(CN)c1ccccc1. The summed E-state index contributed by atoms with van der Waals surface area (Å²) in [5.41, 5.74) is 6.54. The summed E-state index contributed by atoms with van der Waals surface area (Å²) < 4.78 is 36.6. The lowest BCUT2D eigenvalue weighted by Gasteiger charge is -2.33. The first-order chi connectivity index (χ1) is 8.77. The molecule has 19 heavy (non-hydrogen) atoms. The second kappa shape index (κ2) is 6.39. The summed E-state index contributed by atoms with van der Waals surface area (Å²) >= 11 is 0. The van der Waals surface area contributed by atoms with Gasteiger partial charge in [0.2, 0.25) is 0 Å². The molecule has 0 heterocycles. The van der Waals surface area contributed by atoms with E-state index in [0.29, 0.717) is 13.1 Å². The van der Waals surface area contributed by atoms with E-state index in [-0.39, 0.29) is 12.0 Å². The van der Waals surface area contributed by atoms with Crippen LogP contribution in [0.4, 0.5) is 13.2 Å². The molecule has 1 aromatic carbocycles. The van der Waals surface area contributed by atoms with Gasteiger partial charge in [0.15, 0.2) is 0 Å². The molecule has 0 saturated heterocycles. The fraction of sp³-hybridized carbons (Fsp3) is 0.571. The maximum atomic E-state index is 12.2. The third-order valence-electron chi connectivity index (χ3n) is 3.32. The van der Waals surface area contributed by atoms with Gasteiger partial charge in [0.1, 0.15) is 0 Å². The molecule has 1 unspecified atom stereocenters. The quantitative estimate of drug-likeness (QED) is 0.864. The number of rotatable bonds is 6. The largest absolute Gasteiger partial charge is 0.390 e. The molecule has 1 rings (SSSR count). The molecule has 0 radical (unpaired) electrons. The van der Waals surface area contributed by atoms with Crippen LogP contribution in [0, 0.1) is 0 Å². The highest BCUT2D eigenvalue weighted by Crippen LogP contribution is 2.25. The van der Waals surface area contributed by atoms with Crippen LogP contribution in [0.1, 0.15) is 18.9 Å². The summed E-state index contributed by atoms with van der Waals surface area (Å²) in [6, 6.07) is 9.67. The van der Waals surface area contributed by atoms with Crippen molar-refractivity contribution in [1.29, 1.82) is 0 Å². The Balaban J connectivity index is 2.66. The molecule has 0 aliphatic heterocycles. The van der Waals surface area contributed by atoms with Crippen molar-refractivity contribution in [3.05, 3.63) is 35.9 Å². The van der Waals surface area contributed by atoms with Gasteiger partial charge >= 0.3 is 6.18 Å². The lowest BCUT2D eigenvalue weighted by atomic mass is 9.82. The molecule has 108 valence electrons. The minimum atomic E-state index is -4.11. The van der Waals surface area contributed by atoms with E-state index < -0.39 is 12.6 Å². The Bertz CT molecular complexity index is 378. The van der Waals surface area contributed by atoms with E-state index >= 15 is 0 Å². The number of nitrogens with zero attached hydrogens (tertiary/aromatic N) is 1. The van der Waals surface area contributed by atoms with Crippen molar-refractivity contribution < 1.29 is 13.2 Å². The fourth-order valence-electron chi connectivity index (χ4n) is 2.11. The molecule has 0 amide bonds. The van der Waals surface area contributed by atoms with Crippen molar-refractivity contribution >= 4 is 0 Å². The number of halogens is 3. The van der Waals surface area contributed by atoms with Crippen LogP contribution < -0.4 is 5.73 Å². The Labute approximate surface area is 112 Å². The molecule has 0 aromatic heterocycles. The average Bonchev–Trinajstić information content (AvgIpc) is 2.36. The second-order valence-electron chi connectivity index (χ2n) is 5.23. The number of nitrogens with two attached hydrogens (primary N) is 1. The van der Waals surface area contributed by atoms with E-state index in [9.17, 15) is 13.2 Å². The monoisotopic (exact) mass is 274 g/mol. The van der Waals surface area contributed by atoms with Gasteiger partial charge in [0.25, 0.3) is 0 Å². The van der Waals surface area contributed by atoms with Crippen molar-refractivity contribution in [3.63, 3.8) is 0 Å². The summed E-state index contributed by atoms with van der Waals surface area (Å²) in [7, 11) is 1.70. The van der Waals surface area contributed by atoms with E-state index in [0.717, 1.165) is 5.56 Å². The summed E-state index contributed by atoms with van der Waals surface area (Å²) in [6.07, 6.45) is -4.90. The fourth-order valence-corrected chi connectivity index (χ4v) is 2.11. The van der Waals surface area contributed by atoms with Crippen molar-refractivity contribution in [2.24, 2.45) is 5.73 Å². The molecular weight excluding hydrogens is 253 g/mol. The minimum absolute atomic E-state index is 0.00801. The van der Waals surface area contributed by atoms with Crippen molar-refractivity contribution in [2.75, 3.05) is 26.7 Å². The van der Waals surface area contributed by atoms with E-state index in [1.165, 1.54) is 0 Å². The zero-order chi connectivity index (χ0) is 14.5. The molecule has 0 aliphatic carbocycles. The zero-order valence-corrected chi connectivity index (χ0v) is 11.4. The topological polar surface area (TPSA) is 29.3 Å². The molecule has 0 aliphatic rings. The normalized spacial score (nSPS) is 15.5. The van der Waals surface area contributed by atoms with Gasteiger partial charge < -0.3 is 10.6 Å². The summed E-state index contributed by atoms with van der Waals surface area (Å²) in [5, 5.41) is 0. The molecule has 0 fully saturated rings. The van der Waals surface area contributed by atoms with Crippen LogP contribution >= 0.6 is 0 Å². The molecule has 5 heteroatoms. The third-order valence-corrected chi connectivity index (χ3v) is 3.32. The molecule has 0 saturated carbocycles. The Hall–Kier alpha value is -1.07. The van der Waals surface area contributed by atoms with Crippen LogP contribution in [-0.2, 0) is 5.41 Å². The Morgan fingerprint density at radius 1 is 1.16 bits per heavy atom. The van der Waals surface area contributed by atoms with Gasteiger partial charge in [-0.3, -0.25) is 0 Å². The van der Waals surface area contributed by atoms with Crippen molar-refractivity contribution in [2.45, 2.75) is 24.9 Å². The van der Waals surface area contributed by atoms with Crippen LogP contribution in [0.25, 0.3) is 0 Å². The maximum Gasteiger partial charge on any atom is 0.390 e. The maximum absolute atomic E-state index is 12.2. The number of benzene rings is 1. The van der Waals surface area contributed by atoms with Crippen LogP contribution in [-0.4, -0.2) is 37.8 Å². The molecule has 1 aromatic rings.